The van der Waals surface area contributed by atoms with Crippen LogP contribution in [0.3, 0.4) is 0 Å². The Labute approximate surface area is 325 Å². The van der Waals surface area contributed by atoms with Gasteiger partial charge in [0.25, 0.3) is 5.91 Å². The molecule has 4 aromatic carbocycles. The quantitative estimate of drug-likeness (QED) is 0.0822. The molecule has 56 heavy (non-hydrogen) atoms. The van der Waals surface area contributed by atoms with Crippen molar-refractivity contribution in [2.24, 2.45) is 5.92 Å². The van der Waals surface area contributed by atoms with Crippen molar-refractivity contribution in [2.45, 2.75) is 74.0 Å². The normalized spacial score (nSPS) is 14.3. The highest BCUT2D eigenvalue weighted by Gasteiger charge is 2.28. The molecule has 3 N–H and O–H groups in total. The Morgan fingerprint density at radius 2 is 1.21 bits per heavy atom. The first-order chi connectivity index (χ1) is 26.2. The summed E-state index contributed by atoms with van der Waals surface area (Å²) in [6, 6.07) is 5.81. The lowest BCUT2D eigenvalue weighted by molar-refractivity contribution is -0.894. The molecule has 0 spiro atoms. The lowest BCUT2D eigenvalue weighted by Crippen LogP contribution is -3.11. The van der Waals surface area contributed by atoms with Gasteiger partial charge in [0.1, 0.15) is 36.1 Å². The second-order valence-electron chi connectivity index (χ2n) is 13.4. The van der Waals surface area contributed by atoms with Gasteiger partial charge < -0.3 is 38.6 Å². The number of quaternary nitrogens is 1. The van der Waals surface area contributed by atoms with E-state index < -0.39 is 63.5 Å². The number of hydrogen-bond donors (Lipinski definition) is 3. The van der Waals surface area contributed by atoms with Crippen LogP contribution in [0.15, 0.2) is 51.1 Å². The molecule has 0 unspecified atom stereocenters. The van der Waals surface area contributed by atoms with Crippen LogP contribution in [-0.2, 0) is 44.7 Å². The van der Waals surface area contributed by atoms with Crippen LogP contribution in [-0.4, -0.2) is 113 Å². The predicted octanol–water partition coefficient (Wildman–Crippen LogP) is 1.61. The molecule has 0 saturated carbocycles. The summed E-state index contributed by atoms with van der Waals surface area (Å²) in [6.07, 6.45) is 2.55. The van der Waals surface area contributed by atoms with Gasteiger partial charge in [-0.15, -0.1) is 0 Å². The van der Waals surface area contributed by atoms with E-state index in [0.29, 0.717) is 44.7 Å². The van der Waals surface area contributed by atoms with Gasteiger partial charge in [-0.3, -0.25) is 14.4 Å². The largest absolute Gasteiger partial charge is 0.744 e. The van der Waals surface area contributed by atoms with Gasteiger partial charge >= 0.3 is 5.97 Å². The molecular weight excluding hydrogens is 795 g/mol. The summed E-state index contributed by atoms with van der Waals surface area (Å²) < 4.78 is 116. The zero-order chi connectivity index (χ0) is 41.6. The third kappa shape index (κ3) is 10.6. The molecule has 1 aliphatic heterocycles. The first-order valence-electron chi connectivity index (χ1n) is 18.1. The number of piperidine rings is 1. The molecule has 5 rings (SSSR count). The average Bonchev–Trinajstić information content (AvgIpc) is 3.13. The van der Waals surface area contributed by atoms with Crippen molar-refractivity contribution in [1.82, 2.24) is 10.2 Å². The lowest BCUT2D eigenvalue weighted by Gasteiger charge is -2.31. The van der Waals surface area contributed by atoms with E-state index in [4.69, 9.17) is 9.84 Å². The molecule has 0 aromatic heterocycles. The first-order valence-corrected chi connectivity index (χ1v) is 22.3. The lowest BCUT2D eigenvalue weighted by atomic mass is 9.93. The van der Waals surface area contributed by atoms with Gasteiger partial charge in [-0.2, -0.15) is 0 Å². The number of rotatable bonds is 16. The Morgan fingerprint density at radius 3 is 1.66 bits per heavy atom. The number of carboxylic acids is 1. The molecule has 20 heteroatoms. The Hall–Kier alpha value is -4.18. The molecule has 2 amide bonds. The van der Waals surface area contributed by atoms with Crippen molar-refractivity contribution < 1.29 is 68.0 Å². The van der Waals surface area contributed by atoms with Crippen LogP contribution in [0.4, 0.5) is 0 Å². The highest BCUT2D eigenvalue weighted by atomic mass is 32.2. The van der Waals surface area contributed by atoms with Crippen molar-refractivity contribution >= 4 is 80.5 Å². The van der Waals surface area contributed by atoms with E-state index in [1.165, 1.54) is 30.6 Å². The maximum atomic E-state index is 13.1. The van der Waals surface area contributed by atoms with Gasteiger partial charge in [0.05, 0.1) is 34.3 Å². The van der Waals surface area contributed by atoms with Crippen LogP contribution in [0.1, 0.15) is 59.3 Å². The average molecular weight is 840 g/mol. The first kappa shape index (κ1) is 44.5. The van der Waals surface area contributed by atoms with Gasteiger partial charge in [-0.05, 0) is 64.7 Å². The molecule has 4 aromatic rings. The predicted molar refractivity (Wildman–Crippen MR) is 201 cm³/mol. The number of nitrogens with one attached hydrogen (secondary N) is 2. The second kappa shape index (κ2) is 18.4. The molecule has 1 fully saturated rings. The number of hydrogen-bond acceptors (Lipinski definition) is 13. The van der Waals surface area contributed by atoms with Crippen molar-refractivity contribution in [3.05, 3.63) is 36.4 Å². The number of benzene rings is 4. The fourth-order valence-corrected chi connectivity index (χ4v) is 9.08. The SMILES string of the molecule is CC[NH+](CC)CC.O=C(O)CCCCCNC(=O)C1CCN(C(=O)COc2cc(S(=O)(=O)[O-])c3ccc4c(S(=O)(=O)[O-])cc(S(=O)(=O)[O-])c5ccc2c3c54)CC1. The molecule has 1 aliphatic rings. The second-order valence-corrected chi connectivity index (χ2v) is 17.5. The minimum absolute atomic E-state index is 0.0290. The Bertz CT molecular complexity index is 2350. The van der Waals surface area contributed by atoms with Crippen molar-refractivity contribution in [2.75, 3.05) is 45.9 Å². The summed E-state index contributed by atoms with van der Waals surface area (Å²) in [6.45, 7) is 10.6. The molecule has 0 aliphatic carbocycles. The standard InChI is InChI=1S/C30H32N2O14S3.C6H15N/c33-26(32-12-9-17(10-13-32)30(36)31-11-3-1-2-4-27(34)35)16-46-22-14-23(47(37,38)39)19-7-8-21-25(49(43,44)45)15-24(48(40,41)42)20-6-5-18(22)28(19)29(20)21;1-4-7(5-2)6-3/h5-8,14-15,17H,1-4,9-13,16H2,(H,31,36)(H,34,35)(H,37,38,39)(H,40,41,42)(H,43,44,45);4-6H2,1-3H3/p-2. The van der Waals surface area contributed by atoms with Crippen LogP contribution >= 0.6 is 0 Å². The zero-order valence-electron chi connectivity index (χ0n) is 31.2. The van der Waals surface area contributed by atoms with Crippen LogP contribution in [0.25, 0.3) is 32.3 Å². The van der Waals surface area contributed by atoms with E-state index in [1.54, 1.807) is 4.90 Å². The Kier molecular flexibility index (Phi) is 14.6. The van der Waals surface area contributed by atoms with E-state index in [2.05, 4.69) is 26.1 Å². The Balaban J connectivity index is 0.000000908. The van der Waals surface area contributed by atoms with Crippen LogP contribution in [0, 0.1) is 5.92 Å². The summed E-state index contributed by atoms with van der Waals surface area (Å²) >= 11 is 0. The van der Waals surface area contributed by atoms with Gasteiger partial charge in [0, 0.05) is 64.3 Å². The van der Waals surface area contributed by atoms with E-state index >= 15 is 0 Å². The van der Waals surface area contributed by atoms with Gasteiger partial charge in [-0.25, -0.2) is 25.3 Å². The highest BCUT2D eigenvalue weighted by molar-refractivity contribution is 7.87. The topological polar surface area (TPSA) is 272 Å². The summed E-state index contributed by atoms with van der Waals surface area (Å²) in [5.74, 6) is -2.24. The van der Waals surface area contributed by atoms with E-state index in [-0.39, 0.29) is 69.4 Å². The van der Waals surface area contributed by atoms with Crippen LogP contribution in [0.5, 0.6) is 5.75 Å². The minimum Gasteiger partial charge on any atom is -0.744 e. The number of carboxylic acid groups (broad SMARTS) is 1. The number of unbranched alkanes of at least 4 members (excludes halogenated alkanes) is 2. The van der Waals surface area contributed by atoms with Crippen molar-refractivity contribution in [3.63, 3.8) is 0 Å². The van der Waals surface area contributed by atoms with E-state index in [9.17, 15) is 53.3 Å². The third-order valence-corrected chi connectivity index (χ3v) is 12.6. The fraction of sp³-hybridized carbons (Fsp3) is 0.472. The number of ether oxygens (including phenoxy) is 1. The molecule has 308 valence electrons. The van der Waals surface area contributed by atoms with Crippen LogP contribution in [0.2, 0.25) is 0 Å². The minimum atomic E-state index is -5.37. The molecule has 0 bridgehead atoms. The molecule has 0 atom stereocenters. The summed E-state index contributed by atoms with van der Waals surface area (Å²) in [5, 5.41) is 10.1. The molecule has 0 radical (unpaired) electrons. The number of carbonyl (C=O) groups excluding carboxylic acids is 2. The number of carbonyl (C=O) groups is 3. The summed E-state index contributed by atoms with van der Waals surface area (Å²) in [5.41, 5.74) is 0. The number of likely N-dealkylation sites (tertiary alicyclic amines) is 1. The van der Waals surface area contributed by atoms with Gasteiger partial charge in [0.15, 0.2) is 6.61 Å². The maximum Gasteiger partial charge on any atom is 0.303 e. The highest BCUT2D eigenvalue weighted by Crippen LogP contribution is 2.45. The van der Waals surface area contributed by atoms with Gasteiger partial charge in [-0.1, -0.05) is 24.6 Å². The number of aliphatic carboxylic acids is 1. The smallest absolute Gasteiger partial charge is 0.303 e. The van der Waals surface area contributed by atoms with Gasteiger partial charge in [0.2, 0.25) is 5.91 Å². The Morgan fingerprint density at radius 1 is 0.750 bits per heavy atom. The molecule has 17 nitrogen and oxygen atoms in total. The van der Waals surface area contributed by atoms with Crippen molar-refractivity contribution in [3.8, 4) is 5.75 Å². The monoisotopic (exact) mass is 839 g/mol. The van der Waals surface area contributed by atoms with E-state index in [0.717, 1.165) is 24.3 Å². The molecule has 1 heterocycles. The summed E-state index contributed by atoms with van der Waals surface area (Å²) in [7, 11) is -16.0. The third-order valence-electron chi connectivity index (χ3n) is 9.99. The number of amides is 2. The van der Waals surface area contributed by atoms with Crippen LogP contribution < -0.4 is 15.0 Å². The number of nitrogens with zero attached hydrogens (tertiary/aromatic N) is 1. The maximum absolute atomic E-state index is 13.1. The van der Waals surface area contributed by atoms with Crippen molar-refractivity contribution in [1.29, 1.82) is 0 Å². The fourth-order valence-electron chi connectivity index (χ4n) is 6.91. The molecule has 1 saturated heterocycles. The summed E-state index contributed by atoms with van der Waals surface area (Å²) in [4.78, 5) is 36.4. The zero-order valence-corrected chi connectivity index (χ0v) is 33.6. The van der Waals surface area contributed by atoms with E-state index in [1.807, 2.05) is 0 Å². The molecular formula is C36H45N3O14S3-2.